The average molecular weight is 378 g/mol. The van der Waals surface area contributed by atoms with Gasteiger partial charge in [-0.3, -0.25) is 4.79 Å². The molecule has 0 atom stereocenters. The number of benzene rings is 1. The van der Waals surface area contributed by atoms with Crippen LogP contribution in [0.1, 0.15) is 16.1 Å². The molecule has 0 spiro atoms. The van der Waals surface area contributed by atoms with Gasteiger partial charge in [0.25, 0.3) is 5.91 Å². The number of hydrogen-bond donors (Lipinski definition) is 0. The molecule has 8 heteroatoms. The number of carbonyl (C=O) groups excluding carboxylic acids is 1. The second-order valence-electron chi connectivity index (χ2n) is 4.42. The fourth-order valence-corrected chi connectivity index (χ4v) is 2.11. The van der Waals surface area contributed by atoms with E-state index in [1.54, 1.807) is 12.1 Å². The molecule has 0 unspecified atom stereocenters. The van der Waals surface area contributed by atoms with Crippen molar-refractivity contribution in [1.82, 2.24) is 4.90 Å². The predicted octanol–water partition coefficient (Wildman–Crippen LogP) is 4.21. The summed E-state index contributed by atoms with van der Waals surface area (Å²) >= 11 is 3.08. The van der Waals surface area contributed by atoms with Crippen molar-refractivity contribution in [2.45, 2.75) is 12.9 Å². The van der Waals surface area contributed by atoms with Crippen LogP contribution in [0.5, 0.6) is 5.75 Å². The summed E-state index contributed by atoms with van der Waals surface area (Å²) < 4.78 is 46.6. The van der Waals surface area contributed by atoms with Gasteiger partial charge >= 0.3 is 6.36 Å². The van der Waals surface area contributed by atoms with Crippen molar-refractivity contribution in [3.8, 4) is 5.75 Å². The Kier molecular flexibility index (Phi) is 4.80. The van der Waals surface area contributed by atoms with Gasteiger partial charge in [-0.15, -0.1) is 13.2 Å². The summed E-state index contributed by atoms with van der Waals surface area (Å²) in [6.45, 7) is -0.0522. The highest BCUT2D eigenvalue weighted by molar-refractivity contribution is 9.10. The maximum absolute atomic E-state index is 12.4. The van der Waals surface area contributed by atoms with E-state index in [1.807, 2.05) is 0 Å². The van der Waals surface area contributed by atoms with Crippen LogP contribution < -0.4 is 4.74 Å². The van der Waals surface area contributed by atoms with Gasteiger partial charge in [0.1, 0.15) is 5.75 Å². The molecule has 0 aliphatic rings. The van der Waals surface area contributed by atoms with Crippen molar-refractivity contribution in [3.63, 3.8) is 0 Å². The lowest BCUT2D eigenvalue weighted by molar-refractivity contribution is -0.275. The zero-order chi connectivity index (χ0) is 16.3. The fraction of sp³-hybridized carbons (Fsp3) is 0.214. The molecule has 0 N–H and O–H groups in total. The van der Waals surface area contributed by atoms with Crippen LogP contribution in [0.2, 0.25) is 0 Å². The Morgan fingerprint density at radius 3 is 2.55 bits per heavy atom. The highest BCUT2D eigenvalue weighted by Crippen LogP contribution is 2.27. The third kappa shape index (κ3) is 4.27. The smallest absolute Gasteiger partial charge is 0.444 e. The van der Waals surface area contributed by atoms with Crippen LogP contribution in [0.15, 0.2) is 45.5 Å². The first-order valence-electron chi connectivity index (χ1n) is 6.11. The molecule has 118 valence electrons. The Bertz CT molecular complexity index is 669. The third-order valence-corrected chi connectivity index (χ3v) is 3.16. The lowest BCUT2D eigenvalue weighted by Crippen LogP contribution is -2.26. The van der Waals surface area contributed by atoms with Crippen molar-refractivity contribution < 1.29 is 27.1 Å². The van der Waals surface area contributed by atoms with Gasteiger partial charge in [-0.25, -0.2) is 0 Å². The molecule has 1 aromatic carbocycles. The minimum absolute atomic E-state index is 0.0522. The summed E-state index contributed by atoms with van der Waals surface area (Å²) in [5.74, 6) is -0.702. The maximum Gasteiger partial charge on any atom is 0.573 e. The molecule has 0 aliphatic carbocycles. The number of halogens is 4. The van der Waals surface area contributed by atoms with Gasteiger partial charge in [0.15, 0.2) is 10.4 Å². The molecule has 0 aliphatic heterocycles. The van der Waals surface area contributed by atoms with E-state index in [0.29, 0.717) is 4.67 Å². The minimum atomic E-state index is -4.79. The summed E-state index contributed by atoms with van der Waals surface area (Å²) in [6.07, 6.45) is -4.79. The fourth-order valence-electron chi connectivity index (χ4n) is 1.80. The molecule has 0 radical (unpaired) electrons. The van der Waals surface area contributed by atoms with Crippen molar-refractivity contribution in [2.75, 3.05) is 7.05 Å². The number of ether oxygens (including phenoxy) is 1. The van der Waals surface area contributed by atoms with E-state index < -0.39 is 12.3 Å². The van der Waals surface area contributed by atoms with Gasteiger partial charge in [-0.2, -0.15) is 0 Å². The number of amides is 1. The zero-order valence-electron chi connectivity index (χ0n) is 11.4. The molecule has 4 nitrogen and oxygen atoms in total. The van der Waals surface area contributed by atoms with Gasteiger partial charge in [0, 0.05) is 19.2 Å². The highest BCUT2D eigenvalue weighted by atomic mass is 79.9. The summed E-state index contributed by atoms with van der Waals surface area (Å²) in [6, 6.07) is 8.69. The summed E-state index contributed by atoms with van der Waals surface area (Å²) in [4.78, 5) is 13.3. The maximum atomic E-state index is 12.4. The van der Waals surface area contributed by atoms with Crippen LogP contribution in [-0.4, -0.2) is 24.2 Å². The first-order chi connectivity index (χ1) is 10.3. The Labute approximate surface area is 132 Å². The second-order valence-corrected chi connectivity index (χ2v) is 5.20. The number of nitrogens with zero attached hydrogens (tertiary/aromatic N) is 1. The number of furan rings is 1. The van der Waals surface area contributed by atoms with E-state index in [4.69, 9.17) is 4.42 Å². The largest absolute Gasteiger partial charge is 0.573 e. The van der Waals surface area contributed by atoms with Crippen molar-refractivity contribution in [3.05, 3.63) is 52.4 Å². The molecule has 22 heavy (non-hydrogen) atoms. The summed E-state index contributed by atoms with van der Waals surface area (Å²) in [5.41, 5.74) is 0.237. The summed E-state index contributed by atoms with van der Waals surface area (Å²) in [5, 5.41) is 0. The lowest BCUT2D eigenvalue weighted by Gasteiger charge is -2.19. The van der Waals surface area contributed by atoms with Gasteiger partial charge in [-0.1, -0.05) is 18.2 Å². The average Bonchev–Trinajstić information content (AvgIpc) is 2.85. The third-order valence-electron chi connectivity index (χ3n) is 2.74. The standard InChI is InChI=1S/C14H11BrF3NO3/c1-19(13(20)11-6-7-12(15)21-11)8-9-4-2-3-5-10(9)22-14(16,17)18/h2-7H,8H2,1H3. The van der Waals surface area contributed by atoms with Gasteiger partial charge in [-0.05, 0) is 34.1 Å². The molecule has 2 rings (SSSR count). The quantitative estimate of drug-likeness (QED) is 0.801. The number of alkyl halides is 3. The van der Waals surface area contributed by atoms with E-state index in [9.17, 15) is 18.0 Å². The molecular weight excluding hydrogens is 367 g/mol. The molecule has 1 aromatic heterocycles. The summed E-state index contributed by atoms with van der Waals surface area (Å²) in [7, 11) is 1.46. The van der Waals surface area contributed by atoms with E-state index in [2.05, 4.69) is 20.7 Å². The first kappa shape index (κ1) is 16.4. The van der Waals surface area contributed by atoms with Crippen molar-refractivity contribution in [2.24, 2.45) is 0 Å². The van der Waals surface area contributed by atoms with Crippen molar-refractivity contribution in [1.29, 1.82) is 0 Å². The Hall–Kier alpha value is -1.96. The lowest BCUT2D eigenvalue weighted by atomic mass is 10.2. The van der Waals surface area contributed by atoms with E-state index in [-0.39, 0.29) is 23.6 Å². The van der Waals surface area contributed by atoms with Crippen LogP contribution in [0.3, 0.4) is 0 Å². The predicted molar refractivity (Wildman–Crippen MR) is 75.3 cm³/mol. The SMILES string of the molecule is CN(Cc1ccccc1OC(F)(F)F)C(=O)c1ccc(Br)o1. The van der Waals surface area contributed by atoms with E-state index >= 15 is 0 Å². The number of hydrogen-bond acceptors (Lipinski definition) is 3. The van der Waals surface area contributed by atoms with Crippen LogP contribution in [-0.2, 0) is 6.54 Å². The Balaban J connectivity index is 2.15. The molecule has 1 heterocycles. The zero-order valence-corrected chi connectivity index (χ0v) is 12.9. The highest BCUT2D eigenvalue weighted by Gasteiger charge is 2.32. The molecule has 0 saturated carbocycles. The molecule has 0 saturated heterocycles. The van der Waals surface area contributed by atoms with E-state index in [0.717, 1.165) is 0 Å². The molecule has 0 fully saturated rings. The van der Waals surface area contributed by atoms with Gasteiger partial charge in [0.05, 0.1) is 0 Å². The van der Waals surface area contributed by atoms with Crippen LogP contribution in [0, 0.1) is 0 Å². The van der Waals surface area contributed by atoms with Gasteiger partial charge in [0.2, 0.25) is 0 Å². The number of rotatable bonds is 4. The van der Waals surface area contributed by atoms with Gasteiger partial charge < -0.3 is 14.1 Å². The van der Waals surface area contributed by atoms with Crippen LogP contribution in [0.25, 0.3) is 0 Å². The molecule has 1 amide bonds. The van der Waals surface area contributed by atoms with Crippen molar-refractivity contribution >= 4 is 21.8 Å². The van der Waals surface area contributed by atoms with E-state index in [1.165, 1.54) is 36.2 Å². The molecule has 0 bridgehead atoms. The normalized spacial score (nSPS) is 11.3. The number of para-hydroxylation sites is 1. The Morgan fingerprint density at radius 2 is 1.95 bits per heavy atom. The first-order valence-corrected chi connectivity index (χ1v) is 6.90. The number of carbonyl (C=O) groups is 1. The molecule has 2 aromatic rings. The van der Waals surface area contributed by atoms with Crippen LogP contribution >= 0.6 is 15.9 Å². The van der Waals surface area contributed by atoms with Crippen LogP contribution in [0.4, 0.5) is 13.2 Å². The molecular formula is C14H11BrF3NO3. The second kappa shape index (κ2) is 6.43. The Morgan fingerprint density at radius 1 is 1.27 bits per heavy atom. The monoisotopic (exact) mass is 377 g/mol. The minimum Gasteiger partial charge on any atom is -0.444 e. The topological polar surface area (TPSA) is 42.7 Å².